The zero-order valence-electron chi connectivity index (χ0n) is 16.0. The number of hydrogen-bond acceptors (Lipinski definition) is 8. The van der Waals surface area contributed by atoms with E-state index in [0.717, 1.165) is 4.68 Å². The molecule has 158 valence electrons. The van der Waals surface area contributed by atoms with Crippen LogP contribution in [0.3, 0.4) is 0 Å². The quantitative estimate of drug-likeness (QED) is 0.429. The van der Waals surface area contributed by atoms with Crippen molar-refractivity contribution in [2.75, 3.05) is 0 Å². The number of nitrogens with zero attached hydrogens (tertiary/aromatic N) is 3. The van der Waals surface area contributed by atoms with Crippen LogP contribution in [0.25, 0.3) is 10.9 Å². The zero-order valence-corrected chi connectivity index (χ0v) is 16.8. The highest BCUT2D eigenvalue weighted by atomic mass is 32.2. The minimum Gasteiger partial charge on any atom is -0.468 e. The fourth-order valence-electron chi connectivity index (χ4n) is 2.76. The van der Waals surface area contributed by atoms with Gasteiger partial charge in [0.05, 0.1) is 28.7 Å². The third-order valence-electron chi connectivity index (χ3n) is 4.34. The van der Waals surface area contributed by atoms with E-state index in [-0.39, 0.29) is 17.0 Å². The second-order valence-electron chi connectivity index (χ2n) is 6.40. The average molecular weight is 440 g/mol. The number of esters is 1. The maximum atomic E-state index is 12.5. The van der Waals surface area contributed by atoms with Gasteiger partial charge >= 0.3 is 5.97 Å². The van der Waals surface area contributed by atoms with Crippen LogP contribution in [0, 0.1) is 0 Å². The number of ether oxygens (including phenoxy) is 1. The first-order valence-electron chi connectivity index (χ1n) is 9.06. The Labute approximate surface area is 176 Å². The lowest BCUT2D eigenvalue weighted by molar-refractivity contribution is 0.0336. The number of fused-ring (bicyclic) bond motifs is 1. The highest BCUT2D eigenvalue weighted by Gasteiger charge is 2.18. The largest absolute Gasteiger partial charge is 0.468 e. The Bertz CT molecular complexity index is 1400. The summed E-state index contributed by atoms with van der Waals surface area (Å²) in [6.45, 7) is -0.503. The van der Waals surface area contributed by atoms with Crippen LogP contribution in [0.15, 0.2) is 81.0 Å². The number of hydrogen-bond donors (Lipinski definition) is 1. The van der Waals surface area contributed by atoms with Gasteiger partial charge in [-0.05, 0) is 42.5 Å². The third kappa shape index (κ3) is 4.52. The number of carbonyl (C=O) groups excluding carboxylic acids is 1. The summed E-state index contributed by atoms with van der Waals surface area (Å²) in [7, 11) is -3.89. The standard InChI is InChI=1S/C20H16N4O6S/c25-19-17-8-1-2-9-18(17)22-23-24(19)13-30-20(26)14-5-3-7-16(11-14)31(27,28)21-12-15-6-4-10-29-15/h1-11,21H,12-13H2. The molecular weight excluding hydrogens is 424 g/mol. The third-order valence-corrected chi connectivity index (χ3v) is 5.74. The van der Waals surface area contributed by atoms with Crippen molar-refractivity contribution >= 4 is 26.9 Å². The van der Waals surface area contributed by atoms with Crippen LogP contribution in [0.1, 0.15) is 16.1 Å². The van der Waals surface area contributed by atoms with E-state index >= 15 is 0 Å². The van der Waals surface area contributed by atoms with Gasteiger partial charge in [0, 0.05) is 0 Å². The molecule has 11 heteroatoms. The Morgan fingerprint density at radius 3 is 2.74 bits per heavy atom. The maximum Gasteiger partial charge on any atom is 0.339 e. The molecule has 0 unspecified atom stereocenters. The Hall–Kier alpha value is -3.83. The van der Waals surface area contributed by atoms with Crippen LogP contribution in [-0.2, 0) is 28.0 Å². The van der Waals surface area contributed by atoms with Crippen LogP contribution in [0.2, 0.25) is 0 Å². The number of sulfonamides is 1. The molecule has 0 aliphatic carbocycles. The lowest BCUT2D eigenvalue weighted by atomic mass is 10.2. The van der Waals surface area contributed by atoms with E-state index in [4.69, 9.17) is 9.15 Å². The van der Waals surface area contributed by atoms with E-state index in [2.05, 4.69) is 15.0 Å². The molecule has 0 amide bonds. The minimum absolute atomic E-state index is 0.00247. The molecule has 0 saturated heterocycles. The van der Waals surface area contributed by atoms with Crippen molar-refractivity contribution in [2.45, 2.75) is 18.2 Å². The zero-order chi connectivity index (χ0) is 21.8. The second-order valence-corrected chi connectivity index (χ2v) is 8.17. The molecule has 0 saturated carbocycles. The van der Waals surface area contributed by atoms with Gasteiger partial charge in [-0.25, -0.2) is 17.9 Å². The molecule has 0 fully saturated rings. The van der Waals surface area contributed by atoms with Crippen LogP contribution < -0.4 is 10.3 Å². The van der Waals surface area contributed by atoms with Crippen LogP contribution in [-0.4, -0.2) is 29.4 Å². The van der Waals surface area contributed by atoms with E-state index in [1.165, 1.54) is 30.5 Å². The molecule has 0 aliphatic rings. The van der Waals surface area contributed by atoms with Gasteiger partial charge in [0.25, 0.3) is 5.56 Å². The summed E-state index contributed by atoms with van der Waals surface area (Å²) >= 11 is 0. The Morgan fingerprint density at radius 2 is 1.94 bits per heavy atom. The molecule has 4 aromatic rings. The predicted octanol–water partition coefficient (Wildman–Crippen LogP) is 1.68. The monoisotopic (exact) mass is 440 g/mol. The SMILES string of the molecule is O=C(OCn1nnc2ccccc2c1=O)c1cccc(S(=O)(=O)NCc2ccco2)c1. The first-order valence-corrected chi connectivity index (χ1v) is 10.5. The molecule has 10 nitrogen and oxygen atoms in total. The van der Waals surface area contributed by atoms with Crippen molar-refractivity contribution in [1.29, 1.82) is 0 Å². The van der Waals surface area contributed by atoms with Crippen LogP contribution in [0.4, 0.5) is 0 Å². The summed E-state index contributed by atoms with van der Waals surface area (Å²) in [4.78, 5) is 24.7. The summed E-state index contributed by atoms with van der Waals surface area (Å²) in [5.74, 6) is -0.369. The smallest absolute Gasteiger partial charge is 0.339 e. The van der Waals surface area contributed by atoms with Gasteiger partial charge < -0.3 is 9.15 Å². The number of nitrogens with one attached hydrogen (secondary N) is 1. The average Bonchev–Trinajstić information content (AvgIpc) is 3.31. The van der Waals surface area contributed by atoms with Gasteiger partial charge in [0.15, 0.2) is 6.73 Å². The van der Waals surface area contributed by atoms with Gasteiger partial charge in [0.2, 0.25) is 10.0 Å². The summed E-state index contributed by atoms with van der Waals surface area (Å²) in [5.41, 5.74) is -0.0328. The molecule has 0 spiro atoms. The fraction of sp³-hybridized carbons (Fsp3) is 0.100. The van der Waals surface area contributed by atoms with Crippen LogP contribution >= 0.6 is 0 Å². The van der Waals surface area contributed by atoms with Crippen LogP contribution in [0.5, 0.6) is 0 Å². The van der Waals surface area contributed by atoms with Crippen molar-refractivity contribution in [2.24, 2.45) is 0 Å². The maximum absolute atomic E-state index is 12.5. The first kappa shape index (κ1) is 20.4. The topological polar surface area (TPSA) is 133 Å². The number of aromatic nitrogens is 3. The van der Waals surface area contributed by atoms with Gasteiger partial charge in [-0.2, -0.15) is 4.68 Å². The van der Waals surface area contributed by atoms with Gasteiger partial charge in [0.1, 0.15) is 11.3 Å². The highest BCUT2D eigenvalue weighted by molar-refractivity contribution is 7.89. The Kier molecular flexibility index (Phi) is 5.60. The fourth-order valence-corrected chi connectivity index (χ4v) is 3.80. The molecule has 0 radical (unpaired) electrons. The number of furan rings is 1. The van der Waals surface area contributed by atoms with Crippen molar-refractivity contribution in [3.8, 4) is 0 Å². The van der Waals surface area contributed by atoms with E-state index in [1.54, 1.807) is 36.4 Å². The van der Waals surface area contributed by atoms with E-state index < -0.39 is 28.3 Å². The molecule has 0 bridgehead atoms. The van der Waals surface area contributed by atoms with Crippen molar-refractivity contribution in [1.82, 2.24) is 19.7 Å². The van der Waals surface area contributed by atoms with E-state index in [9.17, 15) is 18.0 Å². The van der Waals surface area contributed by atoms with Crippen molar-refractivity contribution in [3.63, 3.8) is 0 Å². The summed E-state index contributed by atoms with van der Waals surface area (Å²) in [6.07, 6.45) is 1.44. The molecule has 4 rings (SSSR count). The van der Waals surface area contributed by atoms with Gasteiger partial charge in [-0.1, -0.05) is 23.4 Å². The lowest BCUT2D eigenvalue weighted by Crippen LogP contribution is -2.26. The molecule has 31 heavy (non-hydrogen) atoms. The van der Waals surface area contributed by atoms with Crippen molar-refractivity contribution < 1.29 is 22.4 Å². The van der Waals surface area contributed by atoms with Crippen molar-refractivity contribution in [3.05, 3.63) is 88.6 Å². The summed E-state index contributed by atoms with van der Waals surface area (Å²) < 4.78 is 38.5. The summed E-state index contributed by atoms with van der Waals surface area (Å²) in [6, 6.07) is 15.3. The molecule has 2 aromatic carbocycles. The number of benzene rings is 2. The minimum atomic E-state index is -3.89. The number of carbonyl (C=O) groups is 1. The Morgan fingerprint density at radius 1 is 1.10 bits per heavy atom. The molecule has 2 aromatic heterocycles. The summed E-state index contributed by atoms with van der Waals surface area (Å²) in [5, 5.41) is 7.98. The molecule has 1 N–H and O–H groups in total. The Balaban J connectivity index is 1.47. The van der Waals surface area contributed by atoms with Gasteiger partial charge in [-0.3, -0.25) is 4.79 Å². The molecule has 0 aliphatic heterocycles. The normalized spacial score (nSPS) is 11.5. The number of rotatable bonds is 7. The van der Waals surface area contributed by atoms with E-state index in [0.29, 0.717) is 16.7 Å². The van der Waals surface area contributed by atoms with E-state index in [1.807, 2.05) is 0 Å². The predicted molar refractivity (Wildman–Crippen MR) is 108 cm³/mol. The molecular formula is C20H16N4O6S. The lowest BCUT2D eigenvalue weighted by Gasteiger charge is -2.09. The molecule has 0 atom stereocenters. The molecule has 2 heterocycles. The first-order chi connectivity index (χ1) is 14.9. The highest BCUT2D eigenvalue weighted by Crippen LogP contribution is 2.14. The van der Waals surface area contributed by atoms with Gasteiger partial charge in [-0.15, -0.1) is 5.10 Å². The second kappa shape index (κ2) is 8.50.